The van der Waals surface area contributed by atoms with Crippen molar-refractivity contribution in [3.8, 4) is 0 Å². The molecule has 0 saturated heterocycles. The first-order valence-electron chi connectivity index (χ1n) is 8.73. The predicted octanol–water partition coefficient (Wildman–Crippen LogP) is -1.68. The molecule has 132 valence electrons. The zero-order valence-corrected chi connectivity index (χ0v) is 27.9. The van der Waals surface area contributed by atoms with Crippen molar-refractivity contribution in [2.24, 2.45) is 0 Å². The van der Waals surface area contributed by atoms with E-state index in [9.17, 15) is 14.4 Å². The average Bonchev–Trinajstić information content (AvgIpc) is 2.42. The van der Waals surface area contributed by atoms with Gasteiger partial charge in [0.1, 0.15) is 0 Å². The van der Waals surface area contributed by atoms with Crippen molar-refractivity contribution < 1.29 is 117 Å². The molecule has 0 fully saturated rings. The molecular weight excluding hydrogens is 464 g/mol. The summed E-state index contributed by atoms with van der Waals surface area (Å²) >= 11 is 0. The zero-order chi connectivity index (χ0) is 15.8. The molecule has 0 bridgehead atoms. The van der Waals surface area contributed by atoms with Crippen molar-refractivity contribution in [2.75, 3.05) is 6.61 Å². The molecule has 9 heteroatoms. The Bertz CT molecular complexity index is 273. The molecule has 0 spiro atoms. The fourth-order valence-corrected chi connectivity index (χ4v) is 2.83. The Hall–Kier alpha value is 3.36. The van der Waals surface area contributed by atoms with E-state index in [2.05, 4.69) is 11.4 Å². The van der Waals surface area contributed by atoms with Crippen molar-refractivity contribution >= 4 is 7.82 Å². The fraction of sp³-hybridized carbons (Fsp3) is 1.00. The fourth-order valence-electron chi connectivity index (χ4n) is 2.47. The SMILES string of the molecule is CCCCCCCCCCCCCCCCOP(=O)([O-])[O-].[Na+].[Na+].[Zn].[Zn]. The van der Waals surface area contributed by atoms with Crippen LogP contribution >= 0.6 is 7.82 Å². The maximum absolute atomic E-state index is 10.2. The second-order valence-electron chi connectivity index (χ2n) is 5.88. The first-order valence-corrected chi connectivity index (χ1v) is 10.2. The van der Waals surface area contributed by atoms with Crippen LogP contribution in [0.25, 0.3) is 0 Å². The summed E-state index contributed by atoms with van der Waals surface area (Å²) in [6.45, 7) is 2.29. The quantitative estimate of drug-likeness (QED) is 0.145. The van der Waals surface area contributed by atoms with Crippen LogP contribution in [0.5, 0.6) is 0 Å². The van der Waals surface area contributed by atoms with E-state index in [1.165, 1.54) is 70.6 Å². The summed E-state index contributed by atoms with van der Waals surface area (Å²) in [6.07, 6.45) is 17.4. The van der Waals surface area contributed by atoms with Gasteiger partial charge in [-0.2, -0.15) is 0 Å². The number of phosphoric ester groups is 1. The Labute approximate surface area is 225 Å². The van der Waals surface area contributed by atoms with Gasteiger partial charge in [0.15, 0.2) is 0 Å². The molecule has 0 aromatic rings. The maximum Gasteiger partial charge on any atom is 1.00 e. The number of hydrogen-bond acceptors (Lipinski definition) is 4. The zero-order valence-electron chi connectivity index (χ0n) is 17.1. The molecule has 0 aliphatic rings. The summed E-state index contributed by atoms with van der Waals surface area (Å²) in [7, 11) is -4.75. The van der Waals surface area contributed by atoms with Crippen LogP contribution in [0.1, 0.15) is 96.8 Å². The van der Waals surface area contributed by atoms with Gasteiger partial charge in [0.2, 0.25) is 0 Å². The van der Waals surface area contributed by atoms with Crippen molar-refractivity contribution in [2.45, 2.75) is 96.8 Å². The minimum Gasteiger partial charge on any atom is -0.790 e. The smallest absolute Gasteiger partial charge is 0.790 e. The topological polar surface area (TPSA) is 72.4 Å². The Balaban J connectivity index is -0.000000333. The molecule has 0 aliphatic carbocycles. The molecule has 0 atom stereocenters. The molecule has 0 aliphatic heterocycles. The van der Waals surface area contributed by atoms with Crippen molar-refractivity contribution in [3.63, 3.8) is 0 Å². The number of rotatable bonds is 16. The number of unbranched alkanes of at least 4 members (excludes halogenated alkanes) is 13. The van der Waals surface area contributed by atoms with Crippen LogP contribution in [0.4, 0.5) is 0 Å². The largest absolute Gasteiger partial charge is 1.00 e. The molecule has 0 heterocycles. The summed E-state index contributed by atoms with van der Waals surface area (Å²) in [4.78, 5) is 20.4. The normalized spacial score (nSPS) is 10.0. The molecule has 0 aromatic carbocycles. The second-order valence-corrected chi connectivity index (χ2v) is 7.03. The third-order valence-corrected chi connectivity index (χ3v) is 4.25. The second kappa shape index (κ2) is 29.6. The molecule has 0 saturated carbocycles. The van der Waals surface area contributed by atoms with Crippen LogP contribution in [-0.4, -0.2) is 6.61 Å². The summed E-state index contributed by atoms with van der Waals surface area (Å²) in [5, 5.41) is 0. The standard InChI is InChI=1S/C16H35O4P.2Na.2Zn/c1-2-3-4-5-6-7-8-9-10-11-12-13-14-15-16-20-21(17,18)19;;;;/h2-16H2,1H3,(H2,17,18,19);;;;/q;2*+1;;/p-2. The van der Waals surface area contributed by atoms with E-state index in [0.717, 1.165) is 12.8 Å². The Morgan fingerprint density at radius 2 is 0.920 bits per heavy atom. The summed E-state index contributed by atoms with van der Waals surface area (Å²) in [6, 6.07) is 0. The van der Waals surface area contributed by atoms with E-state index in [1.807, 2.05) is 0 Å². The molecule has 0 rings (SSSR count). The minimum absolute atomic E-state index is 0. The van der Waals surface area contributed by atoms with Crippen molar-refractivity contribution in [1.82, 2.24) is 0 Å². The van der Waals surface area contributed by atoms with Gasteiger partial charge in [0, 0.05) is 39.0 Å². The van der Waals surface area contributed by atoms with Crippen LogP contribution in [0.3, 0.4) is 0 Å². The van der Waals surface area contributed by atoms with Gasteiger partial charge in [-0.05, 0) is 6.42 Å². The minimum atomic E-state index is -4.75. The average molecular weight is 497 g/mol. The van der Waals surface area contributed by atoms with Crippen LogP contribution in [0.15, 0.2) is 0 Å². The van der Waals surface area contributed by atoms with Gasteiger partial charge in [-0.1, -0.05) is 90.4 Å². The van der Waals surface area contributed by atoms with E-state index < -0.39 is 7.82 Å². The molecule has 0 aromatic heterocycles. The van der Waals surface area contributed by atoms with Gasteiger partial charge in [-0.3, -0.25) is 0 Å². The van der Waals surface area contributed by atoms with Crippen molar-refractivity contribution in [3.05, 3.63) is 0 Å². The third kappa shape index (κ3) is 38.6. The van der Waals surface area contributed by atoms with Crippen LogP contribution in [-0.2, 0) is 48.0 Å². The predicted molar refractivity (Wildman–Crippen MR) is 83.9 cm³/mol. The Morgan fingerprint density at radius 1 is 0.640 bits per heavy atom. The third-order valence-electron chi connectivity index (χ3n) is 3.75. The number of hydrogen-bond donors (Lipinski definition) is 0. The van der Waals surface area contributed by atoms with E-state index >= 15 is 0 Å². The van der Waals surface area contributed by atoms with E-state index in [1.54, 1.807) is 0 Å². The van der Waals surface area contributed by atoms with Crippen LogP contribution < -0.4 is 68.9 Å². The van der Waals surface area contributed by atoms with Crippen LogP contribution in [0, 0.1) is 0 Å². The molecule has 4 nitrogen and oxygen atoms in total. The van der Waals surface area contributed by atoms with Gasteiger partial charge in [0.05, 0.1) is 14.4 Å². The van der Waals surface area contributed by atoms with Gasteiger partial charge in [-0.25, -0.2) is 0 Å². The number of phosphoric acid groups is 1. The first-order chi connectivity index (χ1) is 10.1. The Morgan fingerprint density at radius 3 is 1.20 bits per heavy atom. The molecule has 0 radical (unpaired) electrons. The molecule has 0 unspecified atom stereocenters. The molecule has 0 N–H and O–H groups in total. The Kier molecular flexibility index (Phi) is 46.0. The van der Waals surface area contributed by atoms with Gasteiger partial charge in [0.25, 0.3) is 0 Å². The van der Waals surface area contributed by atoms with E-state index in [-0.39, 0.29) is 105 Å². The van der Waals surface area contributed by atoms with Crippen molar-refractivity contribution in [1.29, 1.82) is 0 Å². The summed E-state index contributed by atoms with van der Waals surface area (Å²) < 4.78 is 14.4. The molecule has 0 amide bonds. The maximum atomic E-state index is 10.2. The molecule has 25 heavy (non-hydrogen) atoms. The summed E-state index contributed by atoms with van der Waals surface area (Å²) in [5.41, 5.74) is 0. The van der Waals surface area contributed by atoms with E-state index in [4.69, 9.17) is 0 Å². The molecular formula is C16H33Na2O4PZn2. The van der Waals surface area contributed by atoms with Gasteiger partial charge >= 0.3 is 59.1 Å². The first kappa shape index (κ1) is 38.9. The monoisotopic (exact) mass is 494 g/mol. The van der Waals surface area contributed by atoms with Gasteiger partial charge < -0.3 is 18.9 Å². The van der Waals surface area contributed by atoms with Gasteiger partial charge in [-0.15, -0.1) is 0 Å². The van der Waals surface area contributed by atoms with Crippen LogP contribution in [0.2, 0.25) is 0 Å². The van der Waals surface area contributed by atoms with E-state index in [0.29, 0.717) is 6.42 Å². The summed E-state index contributed by atoms with van der Waals surface area (Å²) in [5.74, 6) is 0.